The molecule has 3 aromatic carbocycles. The molecule has 0 saturated carbocycles. The Kier molecular flexibility index (Phi) is 5.34. The topological polar surface area (TPSA) is 41.1 Å². The third kappa shape index (κ3) is 3.84. The maximum absolute atomic E-state index is 13.6. The van der Waals surface area contributed by atoms with Crippen molar-refractivity contribution in [2.45, 2.75) is 51.5 Å². The van der Waals surface area contributed by atoms with Crippen molar-refractivity contribution in [1.82, 2.24) is 0 Å². The molecule has 0 amide bonds. The van der Waals surface area contributed by atoms with Crippen molar-refractivity contribution < 1.29 is 4.79 Å². The highest BCUT2D eigenvalue weighted by molar-refractivity contribution is 6.01. The van der Waals surface area contributed by atoms with Crippen molar-refractivity contribution in [1.29, 1.82) is 0 Å². The predicted molar refractivity (Wildman–Crippen MR) is 132 cm³/mol. The van der Waals surface area contributed by atoms with Crippen molar-refractivity contribution >= 4 is 17.2 Å². The number of hydrogen-bond acceptors (Lipinski definition) is 3. The van der Waals surface area contributed by atoms with Crippen LogP contribution in [0.5, 0.6) is 0 Å². The Bertz CT molecular complexity index is 1170. The fourth-order valence-electron chi connectivity index (χ4n) is 4.89. The Morgan fingerprint density at radius 3 is 2.16 bits per heavy atom. The van der Waals surface area contributed by atoms with E-state index in [4.69, 9.17) is 0 Å². The number of anilines is 2. The van der Waals surface area contributed by atoms with E-state index < -0.39 is 0 Å². The van der Waals surface area contributed by atoms with Crippen LogP contribution < -0.4 is 10.6 Å². The molecule has 1 heterocycles. The fraction of sp³-hybridized carbons (Fsp3) is 0.276. The molecule has 0 saturated heterocycles. The molecular weight excluding hydrogens is 392 g/mol. The van der Waals surface area contributed by atoms with Crippen molar-refractivity contribution in [3.8, 4) is 0 Å². The number of ketones is 1. The standard InChI is InChI=1S/C29H30N2O/c1-18(2)20-12-14-22(15-13-20)29-28-26(30-24-6-4-5-7-25(24)31-29)16-23(17-27(28)32)21-10-8-19(3)9-11-21/h4-15,18,23,29-31H,16-17H2,1-3H3. The van der Waals surface area contributed by atoms with Crippen LogP contribution in [0.3, 0.4) is 0 Å². The predicted octanol–water partition coefficient (Wildman–Crippen LogP) is 7.10. The van der Waals surface area contributed by atoms with E-state index in [1.807, 2.05) is 12.1 Å². The Labute approximate surface area is 190 Å². The monoisotopic (exact) mass is 422 g/mol. The molecule has 1 aliphatic carbocycles. The van der Waals surface area contributed by atoms with Gasteiger partial charge < -0.3 is 10.6 Å². The third-order valence-corrected chi connectivity index (χ3v) is 6.79. The summed E-state index contributed by atoms with van der Waals surface area (Å²) in [5.74, 6) is 0.904. The largest absolute Gasteiger partial charge is 0.372 e. The molecule has 0 fully saturated rings. The second-order valence-corrected chi connectivity index (χ2v) is 9.40. The Balaban J connectivity index is 1.58. The normalized spacial score (nSPS) is 20.2. The van der Waals surface area contributed by atoms with E-state index in [2.05, 4.69) is 92.1 Å². The first-order chi connectivity index (χ1) is 15.5. The van der Waals surface area contributed by atoms with Crippen molar-refractivity contribution in [3.05, 3.63) is 106 Å². The van der Waals surface area contributed by atoms with Gasteiger partial charge in [-0.25, -0.2) is 0 Å². The zero-order chi connectivity index (χ0) is 22.2. The number of rotatable bonds is 3. The number of benzene rings is 3. The van der Waals surface area contributed by atoms with Crippen LogP contribution >= 0.6 is 0 Å². The van der Waals surface area contributed by atoms with E-state index >= 15 is 0 Å². The van der Waals surface area contributed by atoms with Gasteiger partial charge in [0, 0.05) is 17.7 Å². The van der Waals surface area contributed by atoms with Crippen molar-refractivity contribution in [3.63, 3.8) is 0 Å². The molecule has 3 nitrogen and oxygen atoms in total. The first-order valence-electron chi connectivity index (χ1n) is 11.5. The molecule has 2 N–H and O–H groups in total. The van der Waals surface area contributed by atoms with E-state index in [1.54, 1.807) is 0 Å². The minimum atomic E-state index is -0.158. The molecule has 3 heteroatoms. The third-order valence-electron chi connectivity index (χ3n) is 6.79. The first kappa shape index (κ1) is 20.6. The number of Topliss-reactive ketones (excluding diaryl/α,β-unsaturated/α-hetero) is 1. The van der Waals surface area contributed by atoms with Gasteiger partial charge in [0.05, 0.1) is 17.4 Å². The number of hydrogen-bond donors (Lipinski definition) is 2. The molecular formula is C29H30N2O. The van der Waals surface area contributed by atoms with Gasteiger partial charge in [0.1, 0.15) is 0 Å². The molecule has 2 aliphatic rings. The lowest BCUT2D eigenvalue weighted by molar-refractivity contribution is -0.116. The van der Waals surface area contributed by atoms with Gasteiger partial charge in [0.15, 0.2) is 5.78 Å². The summed E-state index contributed by atoms with van der Waals surface area (Å²) in [5, 5.41) is 7.30. The van der Waals surface area contributed by atoms with Gasteiger partial charge in [-0.05, 0) is 54.0 Å². The van der Waals surface area contributed by atoms with Gasteiger partial charge in [-0.15, -0.1) is 0 Å². The van der Waals surface area contributed by atoms with Crippen LogP contribution in [0, 0.1) is 6.92 Å². The molecule has 0 radical (unpaired) electrons. The average Bonchev–Trinajstić information content (AvgIpc) is 2.96. The molecule has 1 aliphatic heterocycles. The minimum absolute atomic E-state index is 0.158. The van der Waals surface area contributed by atoms with Crippen molar-refractivity contribution in [2.24, 2.45) is 0 Å². The van der Waals surface area contributed by atoms with Crippen LogP contribution in [0.1, 0.15) is 66.8 Å². The van der Waals surface area contributed by atoms with E-state index in [0.717, 1.165) is 34.6 Å². The lowest BCUT2D eigenvalue weighted by Gasteiger charge is -2.30. The minimum Gasteiger partial charge on any atom is -0.372 e. The SMILES string of the molecule is Cc1ccc(C2CC(=O)C3=C(C2)Nc2ccccc2NC3c2ccc(C(C)C)cc2)cc1. The number of para-hydroxylation sites is 2. The van der Waals surface area contributed by atoms with Gasteiger partial charge in [0.2, 0.25) is 0 Å². The van der Waals surface area contributed by atoms with Gasteiger partial charge in [0.25, 0.3) is 0 Å². The summed E-state index contributed by atoms with van der Waals surface area (Å²) < 4.78 is 0. The average molecular weight is 423 g/mol. The zero-order valence-electron chi connectivity index (χ0n) is 19.0. The molecule has 32 heavy (non-hydrogen) atoms. The van der Waals surface area contributed by atoms with Crippen LogP contribution in [-0.4, -0.2) is 5.78 Å². The summed E-state index contributed by atoms with van der Waals surface area (Å²) in [6.45, 7) is 6.51. The van der Waals surface area contributed by atoms with Crippen molar-refractivity contribution in [2.75, 3.05) is 10.6 Å². The lowest BCUT2D eigenvalue weighted by atomic mass is 9.78. The van der Waals surface area contributed by atoms with E-state index in [0.29, 0.717) is 12.3 Å². The van der Waals surface area contributed by atoms with Crippen LogP contribution in [0.15, 0.2) is 84.1 Å². The molecule has 3 aromatic rings. The molecule has 2 unspecified atom stereocenters. The summed E-state index contributed by atoms with van der Waals surface area (Å²) in [7, 11) is 0. The highest BCUT2D eigenvalue weighted by Crippen LogP contribution is 2.44. The lowest BCUT2D eigenvalue weighted by Crippen LogP contribution is -2.26. The number of nitrogens with one attached hydrogen (secondary N) is 2. The zero-order valence-corrected chi connectivity index (χ0v) is 19.0. The quantitative estimate of drug-likeness (QED) is 0.473. The molecule has 0 bridgehead atoms. The highest BCUT2D eigenvalue weighted by Gasteiger charge is 2.36. The summed E-state index contributed by atoms with van der Waals surface area (Å²) in [6, 6.07) is 25.4. The van der Waals surface area contributed by atoms with Crippen LogP contribution in [0.2, 0.25) is 0 Å². The van der Waals surface area contributed by atoms with E-state index in [1.165, 1.54) is 16.7 Å². The number of carbonyl (C=O) groups excluding carboxylic acids is 1. The Hall–Kier alpha value is -3.33. The fourth-order valence-corrected chi connectivity index (χ4v) is 4.89. The number of allylic oxidation sites excluding steroid dienone is 1. The summed E-state index contributed by atoms with van der Waals surface area (Å²) in [5.41, 5.74) is 8.89. The van der Waals surface area contributed by atoms with Gasteiger partial charge in [-0.1, -0.05) is 80.1 Å². The number of carbonyl (C=O) groups is 1. The van der Waals surface area contributed by atoms with Crippen LogP contribution in [-0.2, 0) is 4.79 Å². The molecule has 5 rings (SSSR count). The first-order valence-corrected chi connectivity index (χ1v) is 11.5. The van der Waals surface area contributed by atoms with Crippen LogP contribution in [0.4, 0.5) is 11.4 Å². The van der Waals surface area contributed by atoms with Gasteiger partial charge in [-0.2, -0.15) is 0 Å². The Morgan fingerprint density at radius 1 is 0.812 bits per heavy atom. The number of aryl methyl sites for hydroxylation is 1. The second kappa shape index (κ2) is 8.31. The van der Waals surface area contributed by atoms with Gasteiger partial charge >= 0.3 is 0 Å². The van der Waals surface area contributed by atoms with E-state index in [-0.39, 0.29) is 17.7 Å². The molecule has 0 spiro atoms. The van der Waals surface area contributed by atoms with Gasteiger partial charge in [-0.3, -0.25) is 4.79 Å². The Morgan fingerprint density at radius 2 is 1.47 bits per heavy atom. The maximum Gasteiger partial charge on any atom is 0.163 e. The summed E-state index contributed by atoms with van der Waals surface area (Å²) >= 11 is 0. The van der Waals surface area contributed by atoms with Crippen LogP contribution in [0.25, 0.3) is 0 Å². The number of fused-ring (bicyclic) bond motifs is 1. The molecule has 162 valence electrons. The summed E-state index contributed by atoms with van der Waals surface area (Å²) in [6.07, 6.45) is 1.38. The molecule has 0 aromatic heterocycles. The smallest absolute Gasteiger partial charge is 0.163 e. The van der Waals surface area contributed by atoms with E-state index in [9.17, 15) is 4.79 Å². The highest BCUT2D eigenvalue weighted by atomic mass is 16.1. The maximum atomic E-state index is 13.6. The second-order valence-electron chi connectivity index (χ2n) is 9.40. The molecule has 2 atom stereocenters. The summed E-state index contributed by atoms with van der Waals surface area (Å²) in [4.78, 5) is 13.6.